The van der Waals surface area contributed by atoms with Gasteiger partial charge in [-0.1, -0.05) is 6.07 Å². The normalized spacial score (nSPS) is 20.8. The third-order valence-electron chi connectivity index (χ3n) is 4.60. The Morgan fingerprint density at radius 1 is 1.44 bits per heavy atom. The van der Waals surface area contributed by atoms with E-state index < -0.39 is 0 Å². The highest BCUT2D eigenvalue weighted by Gasteiger charge is 2.51. The molecule has 1 unspecified atom stereocenters. The summed E-state index contributed by atoms with van der Waals surface area (Å²) in [4.78, 5) is 27.5. The van der Waals surface area contributed by atoms with E-state index in [1.807, 2.05) is 16.7 Å². The van der Waals surface area contributed by atoms with E-state index in [1.165, 1.54) is 4.90 Å². The molecule has 0 aliphatic carbocycles. The molecule has 2 aliphatic heterocycles. The first-order valence-corrected chi connectivity index (χ1v) is 9.16. The highest BCUT2D eigenvalue weighted by Crippen LogP contribution is 2.46. The van der Waals surface area contributed by atoms with E-state index in [0.29, 0.717) is 24.2 Å². The molecule has 0 radical (unpaired) electrons. The lowest BCUT2D eigenvalue weighted by molar-refractivity contribution is -0.135. The first-order valence-electron chi connectivity index (χ1n) is 8.18. The summed E-state index contributed by atoms with van der Waals surface area (Å²) in [6.45, 7) is 1.49. The molecule has 2 saturated heterocycles. The van der Waals surface area contributed by atoms with Gasteiger partial charge in [0, 0.05) is 38.5 Å². The average Bonchev–Trinajstić information content (AvgIpc) is 3.02. The molecule has 0 N–H and O–H groups in total. The molecule has 6 nitrogen and oxygen atoms in total. The Morgan fingerprint density at radius 2 is 2.20 bits per heavy atom. The summed E-state index contributed by atoms with van der Waals surface area (Å²) in [7, 11) is 3.43. The lowest BCUT2D eigenvalue weighted by atomic mass is 9.92. The van der Waals surface area contributed by atoms with Crippen molar-refractivity contribution in [1.29, 1.82) is 5.26 Å². The summed E-state index contributed by atoms with van der Waals surface area (Å²) in [5.74, 6) is 0.788. The second-order valence-electron chi connectivity index (χ2n) is 6.77. The maximum atomic E-state index is 12.5. The van der Waals surface area contributed by atoms with Crippen LogP contribution in [0.5, 0.6) is 0 Å². The molecular formula is C18H21N3O3S. The summed E-state index contributed by atoms with van der Waals surface area (Å²) in [5.41, 5.74) is 1.05. The average molecular weight is 359 g/mol. The van der Waals surface area contributed by atoms with Gasteiger partial charge in [-0.25, -0.2) is 0 Å². The number of thioether (sulfide) groups is 1. The summed E-state index contributed by atoms with van der Waals surface area (Å²) >= 11 is 1.83. The molecule has 0 bridgehead atoms. The third-order valence-corrected chi connectivity index (χ3v) is 6.18. The van der Waals surface area contributed by atoms with Gasteiger partial charge in [-0.15, -0.1) is 11.8 Å². The van der Waals surface area contributed by atoms with Gasteiger partial charge in [-0.2, -0.15) is 5.26 Å². The topological polar surface area (TPSA) is 73.6 Å². The van der Waals surface area contributed by atoms with Gasteiger partial charge in [0.05, 0.1) is 22.5 Å². The molecule has 3 rings (SSSR count). The van der Waals surface area contributed by atoms with Crippen molar-refractivity contribution < 1.29 is 14.3 Å². The first kappa shape index (κ1) is 17.8. The van der Waals surface area contributed by atoms with Gasteiger partial charge >= 0.3 is 0 Å². The number of benzene rings is 1. The predicted octanol–water partition coefficient (Wildman–Crippen LogP) is 1.36. The van der Waals surface area contributed by atoms with E-state index in [4.69, 9.17) is 10.00 Å². The third kappa shape index (κ3) is 3.80. The van der Waals surface area contributed by atoms with E-state index in [-0.39, 0.29) is 29.3 Å². The van der Waals surface area contributed by atoms with Crippen molar-refractivity contribution in [2.75, 3.05) is 39.5 Å². The molecule has 7 heteroatoms. The molecule has 0 saturated carbocycles. The molecule has 0 aromatic heterocycles. The zero-order valence-electron chi connectivity index (χ0n) is 14.4. The molecule has 2 aliphatic rings. The molecule has 132 valence electrons. The van der Waals surface area contributed by atoms with Crippen molar-refractivity contribution in [1.82, 2.24) is 9.80 Å². The fourth-order valence-electron chi connectivity index (χ4n) is 3.15. The lowest BCUT2D eigenvalue weighted by Crippen LogP contribution is -2.60. The maximum absolute atomic E-state index is 12.5. The fraction of sp³-hybridized carbons (Fsp3) is 0.500. The van der Waals surface area contributed by atoms with Gasteiger partial charge in [0.25, 0.3) is 5.91 Å². The summed E-state index contributed by atoms with van der Waals surface area (Å²) in [6.07, 6.45) is 0.925. The van der Waals surface area contributed by atoms with Crippen LogP contribution in [0.3, 0.4) is 0 Å². The quantitative estimate of drug-likeness (QED) is 0.812. The van der Waals surface area contributed by atoms with Gasteiger partial charge in [0.15, 0.2) is 0 Å². The second-order valence-corrected chi connectivity index (χ2v) is 8.26. The molecule has 2 heterocycles. The van der Waals surface area contributed by atoms with Crippen molar-refractivity contribution in [3.8, 4) is 6.07 Å². The van der Waals surface area contributed by atoms with Gasteiger partial charge in [0.2, 0.25) is 5.91 Å². The van der Waals surface area contributed by atoms with Gasteiger partial charge < -0.3 is 14.5 Å². The number of ether oxygens (including phenoxy) is 1. The van der Waals surface area contributed by atoms with Crippen molar-refractivity contribution in [3.05, 3.63) is 35.4 Å². The van der Waals surface area contributed by atoms with Crippen LogP contribution in [0.2, 0.25) is 0 Å². The zero-order valence-corrected chi connectivity index (χ0v) is 15.2. The minimum atomic E-state index is -0.0336. The molecular weight excluding hydrogens is 338 g/mol. The van der Waals surface area contributed by atoms with E-state index in [2.05, 4.69) is 6.07 Å². The Kier molecular flexibility index (Phi) is 5.02. The van der Waals surface area contributed by atoms with Gasteiger partial charge in [0.1, 0.15) is 6.61 Å². The number of likely N-dealkylation sites (N-methyl/N-ethyl adjacent to an activating group) is 1. The van der Waals surface area contributed by atoms with Crippen molar-refractivity contribution in [2.45, 2.75) is 17.3 Å². The first-order chi connectivity index (χ1) is 11.9. The number of likely N-dealkylation sites (tertiary alicyclic amines) is 1. The van der Waals surface area contributed by atoms with Gasteiger partial charge in [-0.3, -0.25) is 9.59 Å². The zero-order chi connectivity index (χ0) is 18.0. The van der Waals surface area contributed by atoms with Crippen LogP contribution in [0.25, 0.3) is 0 Å². The van der Waals surface area contributed by atoms with Crippen LogP contribution in [0.4, 0.5) is 0 Å². The van der Waals surface area contributed by atoms with Crippen LogP contribution in [0.15, 0.2) is 24.3 Å². The number of rotatable bonds is 4. The Labute approximate surface area is 151 Å². The van der Waals surface area contributed by atoms with Crippen LogP contribution in [0, 0.1) is 11.3 Å². The minimum Gasteiger partial charge on any atom is -0.367 e. The van der Waals surface area contributed by atoms with Crippen LogP contribution in [-0.4, -0.2) is 72.0 Å². The molecule has 1 aromatic rings. The highest BCUT2D eigenvalue weighted by atomic mass is 32.2. The number of nitriles is 1. The van der Waals surface area contributed by atoms with E-state index in [9.17, 15) is 9.59 Å². The molecule has 1 spiro atoms. The van der Waals surface area contributed by atoms with Crippen LogP contribution in [0.1, 0.15) is 22.3 Å². The van der Waals surface area contributed by atoms with E-state index >= 15 is 0 Å². The Balaban J connectivity index is 1.51. The highest BCUT2D eigenvalue weighted by molar-refractivity contribution is 8.01. The number of carbonyl (C=O) groups is 2. The number of amides is 2. The second kappa shape index (κ2) is 7.06. The van der Waals surface area contributed by atoms with Crippen molar-refractivity contribution in [3.63, 3.8) is 0 Å². The lowest BCUT2D eigenvalue weighted by Gasteiger charge is -2.47. The number of carbonyl (C=O) groups excluding carboxylic acids is 2. The van der Waals surface area contributed by atoms with E-state index in [1.54, 1.807) is 38.4 Å². The minimum absolute atomic E-state index is 0.0320. The summed E-state index contributed by atoms with van der Waals surface area (Å²) < 4.78 is 5.77. The molecule has 1 atom stereocenters. The largest absolute Gasteiger partial charge is 0.367 e. The maximum Gasteiger partial charge on any atom is 0.253 e. The smallest absolute Gasteiger partial charge is 0.253 e. The van der Waals surface area contributed by atoms with Crippen molar-refractivity contribution >= 4 is 23.6 Å². The number of nitrogens with zero attached hydrogens (tertiary/aromatic N) is 3. The van der Waals surface area contributed by atoms with E-state index in [0.717, 1.165) is 12.2 Å². The standard InChI is InChI=1S/C18H21N3O3S/c1-20(2)16(22)9-24-15-7-18(25-10-15)11-21(12-18)17(23)14-5-3-4-13(6-14)8-19/h3-6,15H,7,9-12H2,1-2H3. The summed E-state index contributed by atoms with van der Waals surface area (Å²) in [5, 5.41) is 8.95. The van der Waals surface area contributed by atoms with Crippen LogP contribution >= 0.6 is 11.8 Å². The Morgan fingerprint density at radius 3 is 2.88 bits per heavy atom. The Hall–Kier alpha value is -2.04. The molecule has 2 amide bonds. The number of hydrogen-bond donors (Lipinski definition) is 0. The fourth-order valence-corrected chi connectivity index (χ4v) is 4.70. The molecule has 1 aromatic carbocycles. The Bertz CT molecular complexity index is 723. The van der Waals surface area contributed by atoms with Crippen molar-refractivity contribution in [2.24, 2.45) is 0 Å². The summed E-state index contributed by atoms with van der Waals surface area (Å²) in [6, 6.07) is 8.86. The molecule has 2 fully saturated rings. The molecule has 25 heavy (non-hydrogen) atoms. The predicted molar refractivity (Wildman–Crippen MR) is 95.3 cm³/mol. The van der Waals surface area contributed by atoms with Crippen LogP contribution in [-0.2, 0) is 9.53 Å². The van der Waals surface area contributed by atoms with Gasteiger partial charge in [-0.05, 0) is 24.6 Å². The van der Waals surface area contributed by atoms with Crippen LogP contribution < -0.4 is 0 Å². The number of hydrogen-bond acceptors (Lipinski definition) is 5. The SMILES string of the molecule is CN(C)C(=O)COC1CSC2(C1)CN(C(=O)c1cccc(C#N)c1)C2. The monoisotopic (exact) mass is 359 g/mol.